The van der Waals surface area contributed by atoms with Crippen molar-refractivity contribution in [1.29, 1.82) is 0 Å². The summed E-state index contributed by atoms with van der Waals surface area (Å²) >= 11 is 5.97. The van der Waals surface area contributed by atoms with Crippen LogP contribution in [0.15, 0.2) is 60.0 Å². The molecule has 1 fully saturated rings. The molecule has 1 aromatic heterocycles. The first kappa shape index (κ1) is 21.6. The fraction of sp³-hybridized carbons (Fsp3) is 0.333. The maximum absolute atomic E-state index is 12.9. The maximum atomic E-state index is 12.9. The molecule has 32 heavy (non-hydrogen) atoms. The molecule has 2 heterocycles. The van der Waals surface area contributed by atoms with Crippen LogP contribution in [-0.2, 0) is 6.54 Å². The normalized spacial score (nSPS) is 16.4. The number of carbonyl (C=O) groups excluding carboxylic acids is 1. The van der Waals surface area contributed by atoms with Gasteiger partial charge in [-0.1, -0.05) is 28.8 Å². The highest BCUT2D eigenvalue weighted by Gasteiger charge is 2.28. The minimum absolute atomic E-state index is 0.00257. The monoisotopic (exact) mass is 452 g/mol. The lowest BCUT2D eigenvalue weighted by atomic mass is 9.99. The third-order valence-electron chi connectivity index (χ3n) is 5.34. The van der Waals surface area contributed by atoms with E-state index in [0.717, 1.165) is 6.42 Å². The summed E-state index contributed by atoms with van der Waals surface area (Å²) in [4.78, 5) is 19.0. The molecule has 0 spiro atoms. The number of halogens is 1. The van der Waals surface area contributed by atoms with Gasteiger partial charge < -0.3 is 9.64 Å². The Bertz CT molecular complexity index is 1080. The van der Waals surface area contributed by atoms with Gasteiger partial charge in [0, 0.05) is 34.5 Å². The average molecular weight is 453 g/mol. The van der Waals surface area contributed by atoms with Crippen molar-refractivity contribution in [3.8, 4) is 5.75 Å². The fourth-order valence-electron chi connectivity index (χ4n) is 3.68. The van der Waals surface area contributed by atoms with Crippen molar-refractivity contribution in [3.63, 3.8) is 0 Å². The van der Waals surface area contributed by atoms with Gasteiger partial charge in [-0.05, 0) is 59.1 Å². The van der Waals surface area contributed by atoms with Gasteiger partial charge in [-0.15, -0.1) is 10.2 Å². The van der Waals surface area contributed by atoms with Crippen LogP contribution in [0.1, 0.15) is 28.3 Å². The predicted molar refractivity (Wildman–Crippen MR) is 117 cm³/mol. The molecular formula is C21H21ClN8O2. The zero-order chi connectivity index (χ0) is 22.3. The van der Waals surface area contributed by atoms with Crippen molar-refractivity contribution in [1.82, 2.24) is 25.1 Å². The number of rotatable bonds is 8. The Morgan fingerprint density at radius 1 is 1.25 bits per heavy atom. The lowest BCUT2D eigenvalue weighted by Gasteiger charge is -2.17. The number of amides is 1. The van der Waals surface area contributed by atoms with E-state index in [1.165, 1.54) is 16.7 Å². The van der Waals surface area contributed by atoms with Gasteiger partial charge in [0.25, 0.3) is 5.91 Å². The molecule has 2 aromatic carbocycles. The van der Waals surface area contributed by atoms with Crippen molar-refractivity contribution < 1.29 is 9.53 Å². The summed E-state index contributed by atoms with van der Waals surface area (Å²) in [5.74, 6) is 0.889. The third kappa shape index (κ3) is 5.35. The highest BCUT2D eigenvalue weighted by Crippen LogP contribution is 2.29. The van der Waals surface area contributed by atoms with Crippen LogP contribution in [0.4, 0.5) is 0 Å². The number of nitrogens with zero attached hydrogens (tertiary/aromatic N) is 8. The number of carbonyl (C=O) groups is 1. The topological polar surface area (TPSA) is 122 Å². The van der Waals surface area contributed by atoms with E-state index in [0.29, 0.717) is 35.3 Å². The molecule has 2 atom stereocenters. The van der Waals surface area contributed by atoms with E-state index in [2.05, 4.69) is 25.4 Å². The summed E-state index contributed by atoms with van der Waals surface area (Å²) in [5.41, 5.74) is 10.6. The van der Waals surface area contributed by atoms with Crippen LogP contribution in [0.5, 0.6) is 5.75 Å². The maximum Gasteiger partial charge on any atom is 0.253 e. The van der Waals surface area contributed by atoms with E-state index in [-0.39, 0.29) is 19.1 Å². The minimum atomic E-state index is -0.495. The van der Waals surface area contributed by atoms with Gasteiger partial charge in [0.2, 0.25) is 0 Å². The number of ether oxygens (including phenoxy) is 1. The van der Waals surface area contributed by atoms with Gasteiger partial charge >= 0.3 is 0 Å². The van der Waals surface area contributed by atoms with Crippen molar-refractivity contribution in [2.24, 2.45) is 5.11 Å². The molecule has 0 N–H and O–H groups in total. The van der Waals surface area contributed by atoms with E-state index < -0.39 is 6.04 Å². The number of hydrogen-bond donors (Lipinski definition) is 0. The summed E-state index contributed by atoms with van der Waals surface area (Å²) < 4.78 is 5.72. The second-order valence-electron chi connectivity index (χ2n) is 7.47. The van der Waals surface area contributed by atoms with Gasteiger partial charge in [-0.25, -0.2) is 0 Å². The smallest absolute Gasteiger partial charge is 0.253 e. The molecule has 11 heteroatoms. The lowest BCUT2D eigenvalue weighted by Crippen LogP contribution is -2.28. The van der Waals surface area contributed by atoms with Crippen LogP contribution in [0.3, 0.4) is 0 Å². The molecule has 164 valence electrons. The van der Waals surface area contributed by atoms with E-state index in [4.69, 9.17) is 21.9 Å². The first-order valence-corrected chi connectivity index (χ1v) is 10.5. The van der Waals surface area contributed by atoms with Crippen LogP contribution in [-0.4, -0.2) is 56.8 Å². The Kier molecular flexibility index (Phi) is 6.84. The third-order valence-corrected chi connectivity index (χ3v) is 5.59. The Hall–Kier alpha value is -3.62. The Morgan fingerprint density at radius 3 is 2.72 bits per heavy atom. The molecule has 0 saturated carbocycles. The quantitative estimate of drug-likeness (QED) is 0.293. The molecule has 10 nitrogen and oxygen atoms in total. The average Bonchev–Trinajstić information content (AvgIpc) is 3.50. The number of likely N-dealkylation sites (tertiary alicyclic amines) is 1. The van der Waals surface area contributed by atoms with E-state index in [9.17, 15) is 4.79 Å². The molecule has 3 aromatic rings. The Labute approximate surface area is 189 Å². The van der Waals surface area contributed by atoms with Gasteiger partial charge in [0.15, 0.2) is 6.33 Å². The molecule has 0 unspecified atom stereocenters. The standard InChI is InChI=1S/C21H21ClN8O2/c22-18-5-1-15(2-6-18)17-9-10-29(11-17)21(31)16-3-7-20(8-4-16)32-13-19(26-27-23)12-30-25-14-24-28-30/h1-8,14,17,19H,9-13H2/t17-,19+/m0/s1. The largest absolute Gasteiger partial charge is 0.493 e. The SMILES string of the molecule is [N-]=[N+]=N[C@@H](COc1ccc(C(=O)N2CC[C@H](c3ccc(Cl)cc3)C2)cc1)Cn1ncnn1. The molecule has 1 saturated heterocycles. The zero-order valence-electron chi connectivity index (χ0n) is 17.2. The second-order valence-corrected chi connectivity index (χ2v) is 7.91. The minimum Gasteiger partial charge on any atom is -0.493 e. The number of tetrazole rings is 1. The van der Waals surface area contributed by atoms with Crippen molar-refractivity contribution in [3.05, 3.63) is 81.5 Å². The summed E-state index contributed by atoms with van der Waals surface area (Å²) in [7, 11) is 0. The Balaban J connectivity index is 1.32. The van der Waals surface area contributed by atoms with Crippen LogP contribution < -0.4 is 4.74 Å². The first-order chi connectivity index (χ1) is 15.6. The molecular weight excluding hydrogens is 432 g/mol. The van der Waals surface area contributed by atoms with E-state index >= 15 is 0 Å². The molecule has 1 aliphatic heterocycles. The van der Waals surface area contributed by atoms with Crippen LogP contribution in [0.25, 0.3) is 10.4 Å². The lowest BCUT2D eigenvalue weighted by molar-refractivity contribution is 0.0790. The zero-order valence-corrected chi connectivity index (χ0v) is 17.9. The molecule has 0 aliphatic carbocycles. The number of azide groups is 1. The van der Waals surface area contributed by atoms with Crippen LogP contribution >= 0.6 is 11.6 Å². The second kappa shape index (κ2) is 10.1. The summed E-state index contributed by atoms with van der Waals surface area (Å²) in [6.07, 6.45) is 2.23. The Morgan fingerprint density at radius 2 is 2.03 bits per heavy atom. The first-order valence-electron chi connectivity index (χ1n) is 10.1. The summed E-state index contributed by atoms with van der Waals surface area (Å²) in [6.45, 7) is 1.80. The molecule has 0 bridgehead atoms. The number of benzene rings is 2. The van der Waals surface area contributed by atoms with Gasteiger partial charge in [-0.3, -0.25) is 4.79 Å². The molecule has 1 amide bonds. The highest BCUT2D eigenvalue weighted by atomic mass is 35.5. The van der Waals surface area contributed by atoms with Crippen LogP contribution in [0.2, 0.25) is 5.02 Å². The predicted octanol–water partition coefficient (Wildman–Crippen LogP) is 3.71. The van der Waals surface area contributed by atoms with Gasteiger partial charge in [0.1, 0.15) is 5.75 Å². The fourth-order valence-corrected chi connectivity index (χ4v) is 3.80. The van der Waals surface area contributed by atoms with Crippen molar-refractivity contribution in [2.45, 2.75) is 24.9 Å². The van der Waals surface area contributed by atoms with E-state index in [1.54, 1.807) is 24.3 Å². The number of aromatic nitrogens is 4. The van der Waals surface area contributed by atoms with Crippen LogP contribution in [0, 0.1) is 0 Å². The summed E-state index contributed by atoms with van der Waals surface area (Å²) in [6, 6.07) is 14.3. The van der Waals surface area contributed by atoms with Gasteiger partial charge in [-0.2, -0.15) is 4.80 Å². The van der Waals surface area contributed by atoms with E-state index in [1.807, 2.05) is 29.2 Å². The van der Waals surface area contributed by atoms with Crippen molar-refractivity contribution in [2.75, 3.05) is 19.7 Å². The molecule has 4 rings (SSSR count). The number of hydrogen-bond acceptors (Lipinski definition) is 6. The molecule has 0 radical (unpaired) electrons. The van der Waals surface area contributed by atoms with Crippen molar-refractivity contribution >= 4 is 17.5 Å². The highest BCUT2D eigenvalue weighted by molar-refractivity contribution is 6.30. The van der Waals surface area contributed by atoms with Gasteiger partial charge in [0.05, 0.1) is 19.2 Å². The summed E-state index contributed by atoms with van der Waals surface area (Å²) in [5, 5.41) is 15.7. The molecule has 1 aliphatic rings.